The molecule has 0 fully saturated rings. The predicted molar refractivity (Wildman–Crippen MR) is 106 cm³/mol. The normalized spacial score (nSPS) is 11.6. The molecule has 0 aliphatic carbocycles. The largest absolute Gasteiger partial charge is 0.497 e. The zero-order valence-electron chi connectivity index (χ0n) is 16.5. The first-order chi connectivity index (χ1) is 14.1. The molecule has 3 rings (SSSR count). The quantitative estimate of drug-likeness (QED) is 0.592. The second-order valence-electron chi connectivity index (χ2n) is 6.15. The van der Waals surface area contributed by atoms with Gasteiger partial charge in [-0.3, -0.25) is 4.79 Å². The van der Waals surface area contributed by atoms with Gasteiger partial charge in [0.15, 0.2) is 6.10 Å². The Hall–Kier alpha value is -3.55. The van der Waals surface area contributed by atoms with Crippen molar-refractivity contribution in [2.45, 2.75) is 26.0 Å². The number of nitrogens with one attached hydrogen (secondary N) is 1. The van der Waals surface area contributed by atoms with E-state index in [9.17, 15) is 4.79 Å². The van der Waals surface area contributed by atoms with Crippen LogP contribution in [-0.4, -0.2) is 36.4 Å². The van der Waals surface area contributed by atoms with Gasteiger partial charge in [0.1, 0.15) is 17.2 Å². The molecule has 152 valence electrons. The van der Waals surface area contributed by atoms with Crippen LogP contribution in [0, 0.1) is 0 Å². The lowest BCUT2D eigenvalue weighted by Crippen LogP contribution is -2.37. The van der Waals surface area contributed by atoms with E-state index in [-0.39, 0.29) is 12.5 Å². The number of carbonyl (C=O) groups is 1. The summed E-state index contributed by atoms with van der Waals surface area (Å²) in [5.74, 6) is 2.55. The van der Waals surface area contributed by atoms with E-state index in [1.165, 1.54) is 0 Å². The summed E-state index contributed by atoms with van der Waals surface area (Å²) < 4.78 is 21.2. The average Bonchev–Trinajstić information content (AvgIpc) is 3.25. The summed E-state index contributed by atoms with van der Waals surface area (Å²) in [6.07, 6.45) is -0.119. The molecule has 2 aromatic carbocycles. The van der Waals surface area contributed by atoms with E-state index >= 15 is 0 Å². The Bertz CT molecular complexity index is 922. The van der Waals surface area contributed by atoms with E-state index in [2.05, 4.69) is 15.5 Å². The molecule has 0 spiro atoms. The SMILES string of the molecule is CC[C@@H](Oc1ccc(OC)cc1)C(=O)NCc1nc(-c2ccc(OC)cc2)no1. The summed E-state index contributed by atoms with van der Waals surface area (Å²) >= 11 is 0. The lowest BCUT2D eigenvalue weighted by Gasteiger charge is -2.16. The number of nitrogens with zero attached hydrogens (tertiary/aromatic N) is 2. The number of rotatable bonds is 9. The van der Waals surface area contributed by atoms with E-state index in [1.807, 2.05) is 31.2 Å². The molecule has 8 nitrogen and oxygen atoms in total. The van der Waals surface area contributed by atoms with E-state index in [1.54, 1.807) is 38.5 Å². The zero-order chi connectivity index (χ0) is 20.6. The molecule has 0 aliphatic heterocycles. The highest BCUT2D eigenvalue weighted by Gasteiger charge is 2.19. The van der Waals surface area contributed by atoms with Crippen LogP contribution in [0.4, 0.5) is 0 Å². The van der Waals surface area contributed by atoms with Gasteiger partial charge in [0.25, 0.3) is 5.91 Å². The predicted octanol–water partition coefficient (Wildman–Crippen LogP) is 3.23. The first kappa shape index (κ1) is 20.2. The number of hydrogen-bond acceptors (Lipinski definition) is 7. The Morgan fingerprint density at radius 2 is 1.59 bits per heavy atom. The van der Waals surface area contributed by atoms with Crippen LogP contribution >= 0.6 is 0 Å². The summed E-state index contributed by atoms with van der Waals surface area (Å²) in [6.45, 7) is 1.99. The topological polar surface area (TPSA) is 95.7 Å². The van der Waals surface area contributed by atoms with Crippen LogP contribution in [0.25, 0.3) is 11.4 Å². The molecule has 0 saturated heterocycles. The van der Waals surface area contributed by atoms with Crippen molar-refractivity contribution in [1.29, 1.82) is 0 Å². The maximum absolute atomic E-state index is 12.5. The molecule has 0 radical (unpaired) electrons. The Morgan fingerprint density at radius 3 is 2.17 bits per heavy atom. The van der Waals surface area contributed by atoms with Crippen LogP contribution in [0.5, 0.6) is 17.2 Å². The fraction of sp³-hybridized carbons (Fsp3) is 0.286. The maximum atomic E-state index is 12.5. The minimum Gasteiger partial charge on any atom is -0.497 e. The first-order valence-electron chi connectivity index (χ1n) is 9.18. The van der Waals surface area contributed by atoms with Gasteiger partial charge in [0.05, 0.1) is 20.8 Å². The van der Waals surface area contributed by atoms with Crippen LogP contribution < -0.4 is 19.5 Å². The Balaban J connectivity index is 1.56. The number of hydrogen-bond donors (Lipinski definition) is 1. The molecular weight excluding hydrogens is 374 g/mol. The third-order valence-corrected chi connectivity index (χ3v) is 4.23. The molecule has 1 heterocycles. The van der Waals surface area contributed by atoms with E-state index in [4.69, 9.17) is 18.7 Å². The minimum absolute atomic E-state index is 0.116. The second kappa shape index (κ2) is 9.59. The molecule has 1 N–H and O–H groups in total. The van der Waals surface area contributed by atoms with Crippen molar-refractivity contribution in [1.82, 2.24) is 15.5 Å². The highest BCUT2D eigenvalue weighted by atomic mass is 16.5. The molecule has 3 aromatic rings. The summed E-state index contributed by atoms with van der Waals surface area (Å²) in [5.41, 5.74) is 0.793. The van der Waals surface area contributed by atoms with Gasteiger partial charge >= 0.3 is 0 Å². The van der Waals surface area contributed by atoms with Gasteiger partial charge in [0, 0.05) is 5.56 Å². The molecule has 29 heavy (non-hydrogen) atoms. The number of ether oxygens (including phenoxy) is 3. The number of amides is 1. The van der Waals surface area contributed by atoms with Gasteiger partial charge < -0.3 is 24.1 Å². The van der Waals surface area contributed by atoms with Crippen molar-refractivity contribution in [2.24, 2.45) is 0 Å². The van der Waals surface area contributed by atoms with E-state index < -0.39 is 6.10 Å². The molecule has 8 heteroatoms. The molecule has 0 aliphatic rings. The van der Waals surface area contributed by atoms with Crippen LogP contribution in [-0.2, 0) is 11.3 Å². The Kier molecular flexibility index (Phi) is 6.67. The van der Waals surface area contributed by atoms with Crippen molar-refractivity contribution >= 4 is 5.91 Å². The Morgan fingerprint density at radius 1 is 1.00 bits per heavy atom. The van der Waals surface area contributed by atoms with Crippen molar-refractivity contribution in [2.75, 3.05) is 14.2 Å². The standard InChI is InChI=1S/C21H23N3O5/c1-4-18(28-17-11-9-16(27-3)10-12-17)21(25)22-13-19-23-20(24-29-19)14-5-7-15(26-2)8-6-14/h5-12,18H,4,13H2,1-3H3,(H,22,25)/t18-/m1/s1. The number of aromatic nitrogens is 2. The third kappa shape index (κ3) is 5.25. The fourth-order valence-electron chi connectivity index (χ4n) is 2.60. The third-order valence-electron chi connectivity index (χ3n) is 4.23. The lowest BCUT2D eigenvalue weighted by atomic mass is 10.2. The lowest BCUT2D eigenvalue weighted by molar-refractivity contribution is -0.128. The maximum Gasteiger partial charge on any atom is 0.261 e. The van der Waals surface area contributed by atoms with Crippen molar-refractivity contribution in [3.05, 3.63) is 54.4 Å². The molecule has 1 aromatic heterocycles. The second-order valence-corrected chi connectivity index (χ2v) is 6.15. The summed E-state index contributed by atoms with van der Waals surface area (Å²) in [6, 6.07) is 14.4. The number of benzene rings is 2. The van der Waals surface area contributed by atoms with Crippen LogP contribution in [0.2, 0.25) is 0 Å². The monoisotopic (exact) mass is 397 g/mol. The fourth-order valence-corrected chi connectivity index (χ4v) is 2.60. The highest BCUT2D eigenvalue weighted by Crippen LogP contribution is 2.20. The first-order valence-corrected chi connectivity index (χ1v) is 9.18. The van der Waals surface area contributed by atoms with Crippen LogP contribution in [0.3, 0.4) is 0 Å². The molecular formula is C21H23N3O5. The van der Waals surface area contributed by atoms with Crippen molar-refractivity contribution in [3.63, 3.8) is 0 Å². The highest BCUT2D eigenvalue weighted by molar-refractivity contribution is 5.81. The smallest absolute Gasteiger partial charge is 0.261 e. The van der Waals surface area contributed by atoms with Gasteiger partial charge in [-0.15, -0.1) is 0 Å². The van der Waals surface area contributed by atoms with Gasteiger partial charge in [-0.05, 0) is 55.0 Å². The van der Waals surface area contributed by atoms with Gasteiger partial charge in [-0.2, -0.15) is 4.98 Å². The molecule has 0 unspecified atom stereocenters. The van der Waals surface area contributed by atoms with E-state index in [0.29, 0.717) is 23.9 Å². The van der Waals surface area contributed by atoms with Crippen molar-refractivity contribution in [3.8, 4) is 28.6 Å². The van der Waals surface area contributed by atoms with Gasteiger partial charge in [-0.1, -0.05) is 12.1 Å². The van der Waals surface area contributed by atoms with Crippen LogP contribution in [0.15, 0.2) is 53.1 Å². The molecule has 1 amide bonds. The molecule has 1 atom stereocenters. The van der Waals surface area contributed by atoms with Crippen molar-refractivity contribution < 1.29 is 23.5 Å². The van der Waals surface area contributed by atoms with Gasteiger partial charge in [0.2, 0.25) is 11.7 Å². The number of carbonyl (C=O) groups excluding carboxylic acids is 1. The molecule has 0 saturated carbocycles. The van der Waals surface area contributed by atoms with Crippen LogP contribution in [0.1, 0.15) is 19.2 Å². The summed E-state index contributed by atoms with van der Waals surface area (Å²) in [4.78, 5) is 16.8. The van der Waals surface area contributed by atoms with Gasteiger partial charge in [-0.25, -0.2) is 0 Å². The zero-order valence-corrected chi connectivity index (χ0v) is 16.5. The summed E-state index contributed by atoms with van der Waals surface area (Å²) in [5, 5.41) is 6.72. The minimum atomic E-state index is -0.632. The number of methoxy groups -OCH3 is 2. The Labute approximate surface area is 168 Å². The van der Waals surface area contributed by atoms with E-state index in [0.717, 1.165) is 17.1 Å². The average molecular weight is 397 g/mol. The molecule has 0 bridgehead atoms. The summed E-state index contributed by atoms with van der Waals surface area (Å²) in [7, 11) is 3.20.